The molecule has 98 valence electrons. The van der Waals surface area contributed by atoms with Gasteiger partial charge in [0.15, 0.2) is 0 Å². The second-order valence-corrected chi connectivity index (χ2v) is 5.10. The van der Waals surface area contributed by atoms with E-state index < -0.39 is 5.82 Å². The van der Waals surface area contributed by atoms with Crippen molar-refractivity contribution in [3.8, 4) is 0 Å². The Kier molecular flexibility index (Phi) is 3.97. The maximum absolute atomic E-state index is 13.5. The molecule has 2 rings (SSSR count). The SMILES string of the molecule is Cc1ccc(F)c(NC(=O)C2CCCC(N)C2)c1. The molecule has 0 aliphatic heterocycles. The number of rotatable bonds is 2. The van der Waals surface area contributed by atoms with Gasteiger partial charge >= 0.3 is 0 Å². The summed E-state index contributed by atoms with van der Waals surface area (Å²) >= 11 is 0. The second kappa shape index (κ2) is 5.48. The molecule has 0 saturated heterocycles. The zero-order chi connectivity index (χ0) is 13.1. The zero-order valence-electron chi connectivity index (χ0n) is 10.6. The standard InChI is InChI=1S/C14H19FN2O/c1-9-5-6-12(15)13(7-9)17-14(18)10-3-2-4-11(16)8-10/h5-7,10-11H,2-4,8,16H2,1H3,(H,17,18). The van der Waals surface area contributed by atoms with E-state index in [9.17, 15) is 9.18 Å². The number of hydrogen-bond donors (Lipinski definition) is 2. The van der Waals surface area contributed by atoms with Crippen LogP contribution in [-0.2, 0) is 4.79 Å². The number of aryl methyl sites for hydroxylation is 1. The van der Waals surface area contributed by atoms with E-state index >= 15 is 0 Å². The molecule has 3 N–H and O–H groups in total. The Morgan fingerprint density at radius 3 is 2.94 bits per heavy atom. The molecule has 4 heteroatoms. The number of amides is 1. The average Bonchev–Trinajstić information content (AvgIpc) is 2.34. The lowest BCUT2D eigenvalue weighted by Gasteiger charge is -2.25. The molecule has 1 aromatic rings. The van der Waals surface area contributed by atoms with Crippen LogP contribution in [-0.4, -0.2) is 11.9 Å². The maximum Gasteiger partial charge on any atom is 0.227 e. The first-order chi connectivity index (χ1) is 8.56. The van der Waals surface area contributed by atoms with Gasteiger partial charge in [-0.1, -0.05) is 12.5 Å². The Labute approximate surface area is 107 Å². The molecule has 1 saturated carbocycles. The van der Waals surface area contributed by atoms with Crippen molar-refractivity contribution in [1.29, 1.82) is 0 Å². The van der Waals surface area contributed by atoms with Crippen molar-refractivity contribution in [2.45, 2.75) is 38.6 Å². The molecule has 1 amide bonds. The molecule has 2 atom stereocenters. The van der Waals surface area contributed by atoms with Crippen LogP contribution < -0.4 is 11.1 Å². The number of hydrogen-bond acceptors (Lipinski definition) is 2. The number of carbonyl (C=O) groups is 1. The maximum atomic E-state index is 13.5. The fraction of sp³-hybridized carbons (Fsp3) is 0.500. The summed E-state index contributed by atoms with van der Waals surface area (Å²) in [4.78, 5) is 12.0. The highest BCUT2D eigenvalue weighted by molar-refractivity contribution is 5.92. The van der Waals surface area contributed by atoms with Crippen LogP contribution in [0.4, 0.5) is 10.1 Å². The average molecular weight is 250 g/mol. The van der Waals surface area contributed by atoms with Gasteiger partial charge in [-0.05, 0) is 43.9 Å². The van der Waals surface area contributed by atoms with Gasteiger partial charge in [0.05, 0.1) is 5.69 Å². The minimum Gasteiger partial charge on any atom is -0.328 e. The summed E-state index contributed by atoms with van der Waals surface area (Å²) in [6.45, 7) is 1.87. The predicted octanol–water partition coefficient (Wildman–Crippen LogP) is 2.59. The topological polar surface area (TPSA) is 55.1 Å². The Hall–Kier alpha value is -1.42. The van der Waals surface area contributed by atoms with Gasteiger partial charge in [0, 0.05) is 12.0 Å². The number of nitrogens with two attached hydrogens (primary N) is 1. The fourth-order valence-corrected chi connectivity index (χ4v) is 2.44. The molecular formula is C14H19FN2O. The summed E-state index contributed by atoms with van der Waals surface area (Å²) < 4.78 is 13.5. The van der Waals surface area contributed by atoms with Crippen molar-refractivity contribution in [2.24, 2.45) is 11.7 Å². The minimum atomic E-state index is -0.394. The molecule has 0 heterocycles. The second-order valence-electron chi connectivity index (χ2n) is 5.10. The van der Waals surface area contributed by atoms with Gasteiger partial charge in [-0.15, -0.1) is 0 Å². The molecule has 2 unspecified atom stereocenters. The Bertz CT molecular complexity index is 447. The summed E-state index contributed by atoms with van der Waals surface area (Å²) in [5.74, 6) is -0.600. The number of halogens is 1. The van der Waals surface area contributed by atoms with Crippen LogP contribution >= 0.6 is 0 Å². The molecule has 0 spiro atoms. The summed E-state index contributed by atoms with van der Waals surface area (Å²) in [5.41, 5.74) is 7.04. The van der Waals surface area contributed by atoms with E-state index in [1.807, 2.05) is 6.92 Å². The molecule has 1 aliphatic rings. The van der Waals surface area contributed by atoms with Crippen LogP contribution in [0.25, 0.3) is 0 Å². The first kappa shape index (κ1) is 13.0. The molecule has 1 aliphatic carbocycles. The summed E-state index contributed by atoms with van der Waals surface area (Å²) in [5, 5.41) is 2.67. The highest BCUT2D eigenvalue weighted by atomic mass is 19.1. The Balaban J connectivity index is 2.04. The quantitative estimate of drug-likeness (QED) is 0.847. The van der Waals surface area contributed by atoms with Gasteiger partial charge in [0.25, 0.3) is 0 Å². The van der Waals surface area contributed by atoms with Crippen LogP contribution in [0.2, 0.25) is 0 Å². The zero-order valence-corrected chi connectivity index (χ0v) is 10.6. The third-order valence-corrected chi connectivity index (χ3v) is 3.47. The minimum absolute atomic E-state index is 0.0892. The highest BCUT2D eigenvalue weighted by Gasteiger charge is 2.25. The number of nitrogens with one attached hydrogen (secondary N) is 1. The first-order valence-electron chi connectivity index (χ1n) is 6.39. The number of carbonyl (C=O) groups excluding carboxylic acids is 1. The van der Waals surface area contributed by atoms with Crippen molar-refractivity contribution < 1.29 is 9.18 Å². The van der Waals surface area contributed by atoms with Crippen LogP contribution in [0.5, 0.6) is 0 Å². The van der Waals surface area contributed by atoms with Gasteiger partial charge in [0.1, 0.15) is 5.82 Å². The molecule has 3 nitrogen and oxygen atoms in total. The normalized spacial score (nSPS) is 23.7. The van der Waals surface area contributed by atoms with E-state index in [4.69, 9.17) is 5.73 Å². The van der Waals surface area contributed by atoms with Crippen molar-refractivity contribution in [1.82, 2.24) is 0 Å². The van der Waals surface area contributed by atoms with E-state index in [1.54, 1.807) is 12.1 Å². The summed E-state index contributed by atoms with van der Waals surface area (Å²) in [7, 11) is 0. The molecule has 1 aromatic carbocycles. The number of anilines is 1. The summed E-state index contributed by atoms with van der Waals surface area (Å²) in [6.07, 6.45) is 3.48. The van der Waals surface area contributed by atoms with Crippen molar-refractivity contribution in [3.63, 3.8) is 0 Å². The molecular weight excluding hydrogens is 231 g/mol. The molecule has 0 aromatic heterocycles. The van der Waals surface area contributed by atoms with Crippen LogP contribution in [0, 0.1) is 18.7 Å². The van der Waals surface area contributed by atoms with Crippen molar-refractivity contribution >= 4 is 11.6 Å². The Morgan fingerprint density at radius 1 is 1.44 bits per heavy atom. The molecule has 0 bridgehead atoms. The Morgan fingerprint density at radius 2 is 2.22 bits per heavy atom. The van der Waals surface area contributed by atoms with Crippen LogP contribution in [0.3, 0.4) is 0 Å². The molecule has 0 radical (unpaired) electrons. The first-order valence-corrected chi connectivity index (χ1v) is 6.39. The molecule has 1 fully saturated rings. The smallest absolute Gasteiger partial charge is 0.227 e. The lowest BCUT2D eigenvalue weighted by atomic mass is 9.85. The lowest BCUT2D eigenvalue weighted by Crippen LogP contribution is -2.34. The van der Waals surface area contributed by atoms with Crippen LogP contribution in [0.15, 0.2) is 18.2 Å². The lowest BCUT2D eigenvalue weighted by molar-refractivity contribution is -0.120. The largest absolute Gasteiger partial charge is 0.328 e. The van der Waals surface area contributed by atoms with Gasteiger partial charge in [-0.2, -0.15) is 0 Å². The van der Waals surface area contributed by atoms with Crippen molar-refractivity contribution in [3.05, 3.63) is 29.6 Å². The van der Waals surface area contributed by atoms with E-state index in [1.165, 1.54) is 6.07 Å². The van der Waals surface area contributed by atoms with E-state index in [0.29, 0.717) is 6.42 Å². The van der Waals surface area contributed by atoms with Crippen LogP contribution in [0.1, 0.15) is 31.2 Å². The van der Waals surface area contributed by atoms with Gasteiger partial charge in [-0.3, -0.25) is 4.79 Å². The monoisotopic (exact) mass is 250 g/mol. The van der Waals surface area contributed by atoms with Gasteiger partial charge in [-0.25, -0.2) is 4.39 Å². The van der Waals surface area contributed by atoms with Crippen molar-refractivity contribution in [2.75, 3.05) is 5.32 Å². The fourth-order valence-electron chi connectivity index (χ4n) is 2.44. The van der Waals surface area contributed by atoms with E-state index in [-0.39, 0.29) is 23.6 Å². The third-order valence-electron chi connectivity index (χ3n) is 3.47. The van der Waals surface area contributed by atoms with Gasteiger partial charge in [0.2, 0.25) is 5.91 Å². The van der Waals surface area contributed by atoms with E-state index in [2.05, 4.69) is 5.32 Å². The molecule has 18 heavy (non-hydrogen) atoms. The number of benzene rings is 1. The highest BCUT2D eigenvalue weighted by Crippen LogP contribution is 2.25. The van der Waals surface area contributed by atoms with Gasteiger partial charge < -0.3 is 11.1 Å². The predicted molar refractivity (Wildman–Crippen MR) is 69.7 cm³/mol. The third kappa shape index (κ3) is 3.07. The summed E-state index contributed by atoms with van der Waals surface area (Å²) in [6, 6.07) is 4.80. The van der Waals surface area contributed by atoms with E-state index in [0.717, 1.165) is 24.8 Å².